The minimum atomic E-state index is -0.209. The Hall–Kier alpha value is -2.95. The largest absolute Gasteiger partial charge is 0.336 e. The van der Waals surface area contributed by atoms with Gasteiger partial charge in [0.1, 0.15) is 0 Å². The third-order valence-corrected chi connectivity index (χ3v) is 5.46. The number of likely N-dealkylation sites (tertiary alicyclic amines) is 1. The second-order valence-corrected chi connectivity index (χ2v) is 7.11. The molecule has 3 amide bonds. The Morgan fingerprint density at radius 1 is 0.926 bits per heavy atom. The lowest BCUT2D eigenvalue weighted by Crippen LogP contribution is -2.36. The molecule has 27 heavy (non-hydrogen) atoms. The molecule has 0 N–H and O–H groups in total. The lowest BCUT2D eigenvalue weighted by molar-refractivity contribution is 0.0634. The maximum atomic E-state index is 12.7. The van der Waals surface area contributed by atoms with E-state index >= 15 is 0 Å². The van der Waals surface area contributed by atoms with E-state index in [4.69, 9.17) is 0 Å². The molecule has 1 atom stereocenters. The van der Waals surface area contributed by atoms with Crippen LogP contribution in [-0.2, 0) is 0 Å². The van der Waals surface area contributed by atoms with Crippen molar-refractivity contribution >= 4 is 17.7 Å². The Bertz CT molecular complexity index is 843. The van der Waals surface area contributed by atoms with Crippen LogP contribution >= 0.6 is 0 Å². The van der Waals surface area contributed by atoms with Gasteiger partial charge in [0.25, 0.3) is 17.7 Å². The third kappa shape index (κ3) is 3.25. The van der Waals surface area contributed by atoms with Crippen LogP contribution in [0.3, 0.4) is 0 Å². The molecule has 5 nitrogen and oxygen atoms in total. The molecule has 0 radical (unpaired) electrons. The molecule has 2 heterocycles. The Labute approximate surface area is 158 Å². The zero-order valence-corrected chi connectivity index (χ0v) is 15.1. The number of fused-ring (bicyclic) bond motifs is 1. The molecule has 0 bridgehead atoms. The Balaban J connectivity index is 1.36. The van der Waals surface area contributed by atoms with Crippen molar-refractivity contribution in [3.63, 3.8) is 0 Å². The summed E-state index contributed by atoms with van der Waals surface area (Å²) >= 11 is 0. The van der Waals surface area contributed by atoms with E-state index in [-0.39, 0.29) is 23.8 Å². The predicted octanol–water partition coefficient (Wildman–Crippen LogP) is 3.37. The number of benzene rings is 2. The average Bonchev–Trinajstić information content (AvgIpc) is 3.27. The monoisotopic (exact) mass is 362 g/mol. The van der Waals surface area contributed by atoms with Crippen molar-refractivity contribution in [2.75, 3.05) is 13.1 Å². The Morgan fingerprint density at radius 2 is 1.56 bits per heavy atom. The van der Waals surface area contributed by atoms with E-state index in [0.29, 0.717) is 29.7 Å². The van der Waals surface area contributed by atoms with Gasteiger partial charge in [-0.25, -0.2) is 0 Å². The molecule has 0 spiro atoms. The lowest BCUT2D eigenvalue weighted by Gasteiger charge is -2.25. The smallest absolute Gasteiger partial charge is 0.261 e. The molecule has 1 fully saturated rings. The van der Waals surface area contributed by atoms with Crippen molar-refractivity contribution < 1.29 is 14.4 Å². The zero-order chi connectivity index (χ0) is 18.8. The Kier molecular flexibility index (Phi) is 4.75. The van der Waals surface area contributed by atoms with E-state index in [0.717, 1.165) is 25.8 Å². The summed E-state index contributed by atoms with van der Waals surface area (Å²) in [6, 6.07) is 16.5. The van der Waals surface area contributed by atoms with E-state index in [2.05, 4.69) is 0 Å². The summed E-state index contributed by atoms with van der Waals surface area (Å²) in [6.45, 7) is 1.17. The number of carbonyl (C=O) groups excluding carboxylic acids is 3. The first-order chi connectivity index (χ1) is 13.2. The van der Waals surface area contributed by atoms with Gasteiger partial charge in [-0.3, -0.25) is 19.3 Å². The van der Waals surface area contributed by atoms with Crippen LogP contribution in [0, 0.1) is 0 Å². The minimum Gasteiger partial charge on any atom is -0.336 e. The minimum absolute atomic E-state index is 0.0684. The van der Waals surface area contributed by atoms with E-state index in [1.54, 1.807) is 24.3 Å². The number of nitrogens with zero attached hydrogens (tertiary/aromatic N) is 2. The molecule has 5 heteroatoms. The van der Waals surface area contributed by atoms with Crippen LogP contribution < -0.4 is 0 Å². The second kappa shape index (κ2) is 7.35. The number of imide groups is 1. The van der Waals surface area contributed by atoms with Crippen LogP contribution in [-0.4, -0.2) is 46.7 Å². The van der Waals surface area contributed by atoms with Crippen molar-refractivity contribution in [2.24, 2.45) is 0 Å². The van der Waals surface area contributed by atoms with E-state index < -0.39 is 0 Å². The molecule has 2 aliphatic heterocycles. The van der Waals surface area contributed by atoms with E-state index in [9.17, 15) is 14.4 Å². The van der Waals surface area contributed by atoms with Gasteiger partial charge < -0.3 is 4.90 Å². The van der Waals surface area contributed by atoms with Crippen molar-refractivity contribution in [1.29, 1.82) is 0 Å². The third-order valence-electron chi connectivity index (χ3n) is 5.46. The number of hydrogen-bond acceptors (Lipinski definition) is 3. The first-order valence-corrected chi connectivity index (χ1v) is 9.48. The van der Waals surface area contributed by atoms with Gasteiger partial charge in [0.05, 0.1) is 11.1 Å². The number of rotatable bonds is 5. The van der Waals surface area contributed by atoms with E-state index in [1.807, 2.05) is 35.2 Å². The summed E-state index contributed by atoms with van der Waals surface area (Å²) in [7, 11) is 0. The fraction of sp³-hybridized carbons (Fsp3) is 0.318. The van der Waals surface area contributed by atoms with Crippen molar-refractivity contribution in [3.8, 4) is 0 Å². The highest BCUT2D eigenvalue weighted by Gasteiger charge is 2.35. The first-order valence-electron chi connectivity index (χ1n) is 9.48. The molecule has 0 saturated carbocycles. The molecule has 2 aromatic carbocycles. The maximum absolute atomic E-state index is 12.7. The second-order valence-electron chi connectivity index (χ2n) is 7.11. The van der Waals surface area contributed by atoms with Crippen molar-refractivity contribution in [1.82, 2.24) is 9.80 Å². The van der Waals surface area contributed by atoms with Gasteiger partial charge >= 0.3 is 0 Å². The molecular weight excluding hydrogens is 340 g/mol. The molecule has 2 aliphatic rings. The lowest BCUT2D eigenvalue weighted by atomic mass is 10.1. The van der Waals surface area contributed by atoms with Crippen LogP contribution in [0.2, 0.25) is 0 Å². The molecule has 0 aromatic heterocycles. The van der Waals surface area contributed by atoms with Crippen LogP contribution in [0.4, 0.5) is 0 Å². The topological polar surface area (TPSA) is 57.7 Å². The summed E-state index contributed by atoms with van der Waals surface area (Å²) in [5, 5.41) is 0. The summed E-state index contributed by atoms with van der Waals surface area (Å²) in [5.74, 6) is -0.350. The summed E-state index contributed by atoms with van der Waals surface area (Å²) in [6.07, 6.45) is 3.47. The maximum Gasteiger partial charge on any atom is 0.261 e. The molecule has 0 aliphatic carbocycles. The normalized spacial score (nSPS) is 18.9. The summed E-state index contributed by atoms with van der Waals surface area (Å²) in [4.78, 5) is 40.9. The van der Waals surface area contributed by atoms with Crippen molar-refractivity contribution in [2.45, 2.75) is 31.7 Å². The molecule has 4 rings (SSSR count). The van der Waals surface area contributed by atoms with Gasteiger partial charge in [0.15, 0.2) is 0 Å². The SMILES string of the molecule is O=C1c2ccccc2C(=O)N1CCC[C@@H]1CCCN1C(=O)c1ccccc1. The van der Waals surface area contributed by atoms with Crippen molar-refractivity contribution in [3.05, 3.63) is 71.3 Å². The molecule has 0 unspecified atom stereocenters. The summed E-state index contributed by atoms with van der Waals surface area (Å²) in [5.41, 5.74) is 1.69. The van der Waals surface area contributed by atoms with Gasteiger partial charge in [0.2, 0.25) is 0 Å². The fourth-order valence-corrected chi connectivity index (χ4v) is 4.08. The molecule has 138 valence electrons. The van der Waals surface area contributed by atoms with E-state index in [1.165, 1.54) is 4.90 Å². The molecule has 2 aromatic rings. The highest BCUT2D eigenvalue weighted by molar-refractivity contribution is 6.21. The highest BCUT2D eigenvalue weighted by Crippen LogP contribution is 2.26. The molecule has 1 saturated heterocycles. The van der Waals surface area contributed by atoms with Crippen LogP contribution in [0.25, 0.3) is 0 Å². The zero-order valence-electron chi connectivity index (χ0n) is 15.1. The summed E-state index contributed by atoms with van der Waals surface area (Å²) < 4.78 is 0. The van der Waals surface area contributed by atoms with Gasteiger partial charge in [-0.05, 0) is 49.9 Å². The van der Waals surface area contributed by atoms with Gasteiger partial charge in [-0.15, -0.1) is 0 Å². The van der Waals surface area contributed by atoms with Gasteiger partial charge in [-0.2, -0.15) is 0 Å². The molecular formula is C22H22N2O3. The predicted molar refractivity (Wildman–Crippen MR) is 102 cm³/mol. The van der Waals surface area contributed by atoms with Crippen LogP contribution in [0.15, 0.2) is 54.6 Å². The van der Waals surface area contributed by atoms with Crippen LogP contribution in [0.1, 0.15) is 56.8 Å². The van der Waals surface area contributed by atoms with Crippen LogP contribution in [0.5, 0.6) is 0 Å². The van der Waals surface area contributed by atoms with Gasteiger partial charge in [0, 0.05) is 24.7 Å². The highest BCUT2D eigenvalue weighted by atomic mass is 16.2. The number of hydrogen-bond donors (Lipinski definition) is 0. The quantitative estimate of drug-likeness (QED) is 0.767. The number of amides is 3. The first kappa shape index (κ1) is 17.5. The standard InChI is InChI=1S/C22H22N2O3/c25-20(16-8-2-1-3-9-16)23-14-6-10-17(23)11-7-15-24-21(26)18-12-4-5-13-19(18)22(24)27/h1-5,8-9,12-13,17H,6-7,10-11,14-15H2/t17-/m0/s1. The average molecular weight is 362 g/mol. The number of carbonyl (C=O) groups is 3. The Morgan fingerprint density at radius 3 is 2.22 bits per heavy atom. The van der Waals surface area contributed by atoms with Gasteiger partial charge in [-0.1, -0.05) is 30.3 Å². The fourth-order valence-electron chi connectivity index (χ4n) is 4.08.